The highest BCUT2D eigenvalue weighted by Crippen LogP contribution is 2.34. The van der Waals surface area contributed by atoms with Crippen molar-refractivity contribution in [3.8, 4) is 17.0 Å². The summed E-state index contributed by atoms with van der Waals surface area (Å²) in [5.74, 6) is 0.889. The second kappa shape index (κ2) is 6.68. The highest BCUT2D eigenvalue weighted by molar-refractivity contribution is 5.77. The molecule has 4 rings (SSSR count). The third-order valence-corrected chi connectivity index (χ3v) is 4.50. The summed E-state index contributed by atoms with van der Waals surface area (Å²) in [4.78, 5) is 4.83. The Morgan fingerprint density at radius 2 is 1.59 bits per heavy atom. The van der Waals surface area contributed by atoms with Gasteiger partial charge in [0.15, 0.2) is 5.82 Å². The van der Waals surface area contributed by atoms with Gasteiger partial charge in [0, 0.05) is 11.8 Å². The fourth-order valence-electron chi connectivity index (χ4n) is 3.11. The van der Waals surface area contributed by atoms with Crippen molar-refractivity contribution >= 4 is 17.2 Å². The van der Waals surface area contributed by atoms with Gasteiger partial charge in [-0.1, -0.05) is 23.8 Å². The second-order valence-corrected chi connectivity index (χ2v) is 6.75. The van der Waals surface area contributed by atoms with Crippen molar-refractivity contribution in [3.63, 3.8) is 0 Å². The molecule has 2 aromatic heterocycles. The number of azo groups is 1. The molecule has 0 bridgehead atoms. The van der Waals surface area contributed by atoms with Gasteiger partial charge in [-0.25, -0.2) is 4.98 Å². The summed E-state index contributed by atoms with van der Waals surface area (Å²) in [7, 11) is 0. The van der Waals surface area contributed by atoms with E-state index in [0.717, 1.165) is 28.0 Å². The van der Waals surface area contributed by atoms with Gasteiger partial charge >= 0.3 is 0 Å². The van der Waals surface area contributed by atoms with Gasteiger partial charge in [-0.3, -0.25) is 4.40 Å². The number of aromatic hydroxyl groups is 1. The lowest BCUT2D eigenvalue weighted by atomic mass is 10.0. The van der Waals surface area contributed by atoms with E-state index in [1.165, 1.54) is 5.56 Å². The summed E-state index contributed by atoms with van der Waals surface area (Å²) in [6.45, 7) is 6.21. The zero-order valence-electron chi connectivity index (χ0n) is 15.5. The number of phenolic OH excluding ortho intramolecular Hbond substituents is 1. The van der Waals surface area contributed by atoms with E-state index in [1.807, 2.05) is 29.7 Å². The van der Waals surface area contributed by atoms with E-state index in [4.69, 9.17) is 4.98 Å². The van der Waals surface area contributed by atoms with Crippen molar-refractivity contribution in [2.45, 2.75) is 20.8 Å². The summed E-state index contributed by atoms with van der Waals surface area (Å²) in [6, 6.07) is 17.0. The number of pyridine rings is 1. The topological polar surface area (TPSA) is 62.2 Å². The van der Waals surface area contributed by atoms with Gasteiger partial charge in [0.05, 0.1) is 5.69 Å². The fraction of sp³-hybridized carbons (Fsp3) is 0.136. The summed E-state index contributed by atoms with van der Waals surface area (Å²) < 4.78 is 1.95. The molecule has 4 aromatic rings. The molecule has 0 saturated carbocycles. The van der Waals surface area contributed by atoms with Gasteiger partial charge in [-0.15, -0.1) is 10.2 Å². The van der Waals surface area contributed by atoms with E-state index in [9.17, 15) is 5.11 Å². The van der Waals surface area contributed by atoms with Crippen molar-refractivity contribution in [2.75, 3.05) is 0 Å². The van der Waals surface area contributed by atoms with Crippen LogP contribution >= 0.6 is 0 Å². The normalized spacial score (nSPS) is 11.5. The molecule has 2 aromatic carbocycles. The lowest BCUT2D eigenvalue weighted by molar-refractivity contribution is 0.475. The van der Waals surface area contributed by atoms with Crippen LogP contribution in [-0.4, -0.2) is 14.5 Å². The van der Waals surface area contributed by atoms with Crippen LogP contribution in [0, 0.1) is 20.8 Å². The van der Waals surface area contributed by atoms with Gasteiger partial charge in [0.1, 0.15) is 17.1 Å². The second-order valence-electron chi connectivity index (χ2n) is 6.75. The Bertz CT molecular complexity index is 1160. The first-order valence-electron chi connectivity index (χ1n) is 8.78. The third-order valence-electron chi connectivity index (χ3n) is 4.50. The standard InChI is InChI=1S/C22H20N4O/c1-14-4-9-19(16(3)12-14)21-22(25-24-17-5-7-18(27)8-6-17)26-11-10-15(2)13-20(26)23-21/h4-13,27H,1-3H3. The Morgan fingerprint density at radius 1 is 0.852 bits per heavy atom. The quantitative estimate of drug-likeness (QED) is 0.454. The number of aryl methyl sites for hydroxylation is 3. The molecule has 0 saturated heterocycles. The first-order chi connectivity index (χ1) is 13.0. The Kier molecular flexibility index (Phi) is 4.20. The van der Waals surface area contributed by atoms with Crippen LogP contribution in [-0.2, 0) is 0 Å². The number of hydrogen-bond acceptors (Lipinski definition) is 4. The maximum absolute atomic E-state index is 9.44. The molecule has 134 valence electrons. The highest BCUT2D eigenvalue weighted by Gasteiger charge is 2.16. The van der Waals surface area contributed by atoms with Crippen molar-refractivity contribution < 1.29 is 5.11 Å². The van der Waals surface area contributed by atoms with E-state index in [0.29, 0.717) is 11.5 Å². The molecule has 0 aliphatic rings. The van der Waals surface area contributed by atoms with Crippen molar-refractivity contribution in [1.29, 1.82) is 0 Å². The van der Waals surface area contributed by atoms with Crippen molar-refractivity contribution in [2.24, 2.45) is 10.2 Å². The number of aromatic nitrogens is 2. The summed E-state index contributed by atoms with van der Waals surface area (Å²) in [5, 5.41) is 18.3. The zero-order valence-corrected chi connectivity index (χ0v) is 15.5. The Labute approximate surface area is 157 Å². The third kappa shape index (κ3) is 3.31. The molecule has 0 fully saturated rings. The Balaban J connectivity index is 1.90. The smallest absolute Gasteiger partial charge is 0.187 e. The average molecular weight is 356 g/mol. The minimum absolute atomic E-state index is 0.204. The minimum Gasteiger partial charge on any atom is -0.508 e. The van der Waals surface area contributed by atoms with Crippen LogP contribution in [0.5, 0.6) is 5.75 Å². The maximum Gasteiger partial charge on any atom is 0.187 e. The predicted octanol–water partition coefficient (Wildman–Crippen LogP) is 6.05. The highest BCUT2D eigenvalue weighted by atomic mass is 16.3. The van der Waals surface area contributed by atoms with Crippen LogP contribution in [0.2, 0.25) is 0 Å². The van der Waals surface area contributed by atoms with Crippen LogP contribution < -0.4 is 0 Å². The summed E-state index contributed by atoms with van der Waals surface area (Å²) in [5.41, 5.74) is 6.86. The van der Waals surface area contributed by atoms with Gasteiger partial charge in [0.25, 0.3) is 0 Å². The molecule has 0 radical (unpaired) electrons. The Hall–Kier alpha value is -3.47. The van der Waals surface area contributed by atoms with Crippen molar-refractivity contribution in [3.05, 3.63) is 77.5 Å². The SMILES string of the molecule is Cc1ccc(-c2nc3cc(C)ccn3c2N=Nc2ccc(O)cc2)c(C)c1. The number of nitrogens with zero attached hydrogens (tertiary/aromatic N) is 4. The average Bonchev–Trinajstić information content (AvgIpc) is 2.98. The first kappa shape index (κ1) is 17.0. The molecule has 0 atom stereocenters. The molecule has 2 heterocycles. The van der Waals surface area contributed by atoms with Crippen LogP contribution in [0.15, 0.2) is 71.0 Å². The van der Waals surface area contributed by atoms with E-state index >= 15 is 0 Å². The molecule has 0 aliphatic carbocycles. The maximum atomic E-state index is 9.44. The number of rotatable bonds is 3. The number of phenols is 1. The van der Waals surface area contributed by atoms with Crippen LogP contribution in [0.3, 0.4) is 0 Å². The van der Waals surface area contributed by atoms with E-state index in [-0.39, 0.29) is 5.75 Å². The molecular formula is C22H20N4O. The molecule has 1 N–H and O–H groups in total. The summed E-state index contributed by atoms with van der Waals surface area (Å²) in [6.07, 6.45) is 1.97. The molecule has 0 aliphatic heterocycles. The number of benzene rings is 2. The first-order valence-corrected chi connectivity index (χ1v) is 8.78. The number of fused-ring (bicyclic) bond motifs is 1. The molecule has 5 nitrogen and oxygen atoms in total. The monoisotopic (exact) mass is 356 g/mol. The molecule has 0 spiro atoms. The molecule has 5 heteroatoms. The van der Waals surface area contributed by atoms with Crippen molar-refractivity contribution in [1.82, 2.24) is 9.38 Å². The van der Waals surface area contributed by atoms with E-state index < -0.39 is 0 Å². The minimum atomic E-state index is 0.204. The van der Waals surface area contributed by atoms with Crippen LogP contribution in [0.4, 0.5) is 11.5 Å². The Morgan fingerprint density at radius 3 is 2.33 bits per heavy atom. The van der Waals surface area contributed by atoms with Crippen LogP contribution in [0.1, 0.15) is 16.7 Å². The molecule has 0 amide bonds. The number of imidazole rings is 1. The molecule has 0 unspecified atom stereocenters. The van der Waals surface area contributed by atoms with E-state index in [2.05, 4.69) is 42.3 Å². The van der Waals surface area contributed by atoms with Crippen LogP contribution in [0.25, 0.3) is 16.9 Å². The largest absolute Gasteiger partial charge is 0.508 e. The molecular weight excluding hydrogens is 336 g/mol. The summed E-state index contributed by atoms with van der Waals surface area (Å²) >= 11 is 0. The lowest BCUT2D eigenvalue weighted by Crippen LogP contribution is -1.86. The fourth-order valence-corrected chi connectivity index (χ4v) is 3.11. The van der Waals surface area contributed by atoms with Gasteiger partial charge in [-0.05, 0) is 68.3 Å². The number of hydrogen-bond donors (Lipinski definition) is 1. The van der Waals surface area contributed by atoms with E-state index in [1.54, 1.807) is 24.3 Å². The van der Waals surface area contributed by atoms with Gasteiger partial charge in [-0.2, -0.15) is 0 Å². The van der Waals surface area contributed by atoms with Gasteiger partial charge < -0.3 is 5.11 Å². The van der Waals surface area contributed by atoms with Gasteiger partial charge in [0.2, 0.25) is 0 Å². The lowest BCUT2D eigenvalue weighted by Gasteiger charge is -2.05. The molecule has 27 heavy (non-hydrogen) atoms. The predicted molar refractivity (Wildman–Crippen MR) is 107 cm³/mol. The zero-order chi connectivity index (χ0) is 19.0.